The molecule has 0 radical (unpaired) electrons. The fourth-order valence-electron chi connectivity index (χ4n) is 2.27. The Hall–Kier alpha value is -2.87. The van der Waals surface area contributed by atoms with Crippen molar-refractivity contribution in [2.75, 3.05) is 13.7 Å². The first-order valence-corrected chi connectivity index (χ1v) is 8.97. The molecule has 0 fully saturated rings. The van der Waals surface area contributed by atoms with Gasteiger partial charge in [0.1, 0.15) is 11.5 Å². The minimum atomic E-state index is -0.278. The van der Waals surface area contributed by atoms with Crippen molar-refractivity contribution in [2.24, 2.45) is 0 Å². The second-order valence-electron chi connectivity index (χ2n) is 5.72. The number of benzene rings is 2. The fraction of sp³-hybridized carbons (Fsp3) is 0.211. The Morgan fingerprint density at radius 1 is 1.19 bits per heavy atom. The fourth-order valence-corrected chi connectivity index (χ4v) is 2.51. The highest BCUT2D eigenvalue weighted by Crippen LogP contribution is 2.21. The van der Waals surface area contributed by atoms with E-state index in [9.17, 15) is 4.79 Å². The summed E-state index contributed by atoms with van der Waals surface area (Å²) in [6.07, 6.45) is 0. The van der Waals surface area contributed by atoms with Gasteiger partial charge in [-0.15, -0.1) is 0 Å². The number of carbonyl (C=O) groups is 1. The first-order valence-electron chi connectivity index (χ1n) is 8.18. The van der Waals surface area contributed by atoms with E-state index in [4.69, 9.17) is 14.0 Å². The van der Waals surface area contributed by atoms with Crippen molar-refractivity contribution in [3.63, 3.8) is 0 Å². The van der Waals surface area contributed by atoms with Crippen molar-refractivity contribution in [1.82, 2.24) is 15.5 Å². The summed E-state index contributed by atoms with van der Waals surface area (Å²) in [5.41, 5.74) is 1.83. The van der Waals surface area contributed by atoms with Gasteiger partial charge in [0.2, 0.25) is 11.7 Å². The van der Waals surface area contributed by atoms with Crippen LogP contribution in [-0.2, 0) is 11.3 Å². The Labute approximate surface area is 164 Å². The Morgan fingerprint density at radius 3 is 2.63 bits per heavy atom. The number of methoxy groups -OCH3 is 1. The van der Waals surface area contributed by atoms with Crippen LogP contribution in [0.4, 0.5) is 0 Å². The van der Waals surface area contributed by atoms with E-state index in [0.29, 0.717) is 17.5 Å². The van der Waals surface area contributed by atoms with Gasteiger partial charge in [0.25, 0.3) is 5.91 Å². The van der Waals surface area contributed by atoms with Gasteiger partial charge in [-0.1, -0.05) is 21.1 Å². The molecular formula is C19H18BrN3O4. The zero-order chi connectivity index (χ0) is 19.2. The third-order valence-electron chi connectivity index (χ3n) is 3.75. The van der Waals surface area contributed by atoms with Gasteiger partial charge in [-0.2, -0.15) is 4.98 Å². The highest BCUT2D eigenvalue weighted by atomic mass is 79.9. The van der Waals surface area contributed by atoms with E-state index in [-0.39, 0.29) is 19.1 Å². The molecule has 0 atom stereocenters. The maximum Gasteiger partial charge on any atom is 0.258 e. The molecule has 1 aromatic heterocycles. The number of hydrogen-bond acceptors (Lipinski definition) is 6. The van der Waals surface area contributed by atoms with E-state index in [1.165, 1.54) is 0 Å². The molecule has 0 unspecified atom stereocenters. The minimum absolute atomic E-state index is 0.0967. The molecule has 0 aliphatic heterocycles. The molecule has 0 spiro atoms. The van der Waals surface area contributed by atoms with Crippen LogP contribution in [0.15, 0.2) is 51.5 Å². The van der Waals surface area contributed by atoms with Crippen LogP contribution in [0, 0.1) is 6.92 Å². The molecule has 0 saturated carbocycles. The number of hydrogen-bond donors (Lipinski definition) is 1. The van der Waals surface area contributed by atoms with E-state index in [2.05, 4.69) is 31.4 Å². The average Bonchev–Trinajstić information content (AvgIpc) is 3.16. The summed E-state index contributed by atoms with van der Waals surface area (Å²) in [7, 11) is 1.60. The van der Waals surface area contributed by atoms with E-state index in [1.54, 1.807) is 13.2 Å². The third kappa shape index (κ3) is 5.07. The molecular weight excluding hydrogens is 414 g/mol. The molecule has 0 bridgehead atoms. The van der Waals surface area contributed by atoms with Crippen molar-refractivity contribution in [1.29, 1.82) is 0 Å². The van der Waals surface area contributed by atoms with Crippen LogP contribution < -0.4 is 14.8 Å². The van der Waals surface area contributed by atoms with Gasteiger partial charge in [0, 0.05) is 10.0 Å². The molecule has 1 N–H and O–H groups in total. The first-order chi connectivity index (χ1) is 13.0. The molecule has 3 rings (SSSR count). The summed E-state index contributed by atoms with van der Waals surface area (Å²) < 4.78 is 16.7. The Balaban J connectivity index is 1.50. The van der Waals surface area contributed by atoms with Crippen LogP contribution in [0.2, 0.25) is 0 Å². The summed E-state index contributed by atoms with van der Waals surface area (Å²) in [6.45, 7) is 1.98. The van der Waals surface area contributed by atoms with Gasteiger partial charge in [-0.05, 0) is 55.0 Å². The third-order valence-corrected chi connectivity index (χ3v) is 4.64. The summed E-state index contributed by atoms with van der Waals surface area (Å²) in [5, 5.41) is 6.61. The van der Waals surface area contributed by atoms with Crippen LogP contribution in [0.25, 0.3) is 11.4 Å². The zero-order valence-electron chi connectivity index (χ0n) is 14.9. The molecule has 1 heterocycles. The lowest BCUT2D eigenvalue weighted by molar-refractivity contribution is -0.123. The topological polar surface area (TPSA) is 86.5 Å². The number of rotatable bonds is 7. The molecule has 0 saturated heterocycles. The van der Waals surface area contributed by atoms with E-state index < -0.39 is 0 Å². The number of nitrogens with one attached hydrogen (secondary N) is 1. The quantitative estimate of drug-likeness (QED) is 0.615. The minimum Gasteiger partial charge on any atom is -0.497 e. The van der Waals surface area contributed by atoms with Crippen molar-refractivity contribution in [2.45, 2.75) is 13.5 Å². The molecule has 0 aliphatic carbocycles. The molecule has 7 nitrogen and oxygen atoms in total. The number of ether oxygens (including phenoxy) is 2. The van der Waals surface area contributed by atoms with Crippen molar-refractivity contribution >= 4 is 21.8 Å². The van der Waals surface area contributed by atoms with Crippen LogP contribution >= 0.6 is 15.9 Å². The predicted octanol–water partition coefficient (Wildman–Crippen LogP) is 3.51. The van der Waals surface area contributed by atoms with Crippen LogP contribution in [0.1, 0.15) is 11.5 Å². The Kier molecular flexibility index (Phi) is 6.08. The second kappa shape index (κ2) is 8.68. The lowest BCUT2D eigenvalue weighted by Gasteiger charge is -2.07. The first kappa shape index (κ1) is 18.9. The summed E-state index contributed by atoms with van der Waals surface area (Å²) in [5.74, 6) is 1.86. The number of halogens is 1. The number of aryl methyl sites for hydroxylation is 1. The maximum absolute atomic E-state index is 11.9. The smallest absolute Gasteiger partial charge is 0.258 e. The number of carbonyl (C=O) groups excluding carboxylic acids is 1. The van der Waals surface area contributed by atoms with E-state index in [0.717, 1.165) is 21.3 Å². The molecule has 27 heavy (non-hydrogen) atoms. The normalized spacial score (nSPS) is 10.5. The van der Waals surface area contributed by atoms with Crippen LogP contribution in [-0.4, -0.2) is 29.8 Å². The standard InChI is InChI=1S/C19H18BrN3O4/c1-12-9-15(7-8-16(12)20)26-11-17(24)21-10-18-22-19(23-27-18)13-3-5-14(25-2)6-4-13/h3-9H,10-11H2,1-2H3,(H,21,24). The van der Waals surface area contributed by atoms with Gasteiger partial charge in [0.15, 0.2) is 6.61 Å². The largest absolute Gasteiger partial charge is 0.497 e. The summed E-state index contributed by atoms with van der Waals surface area (Å²) in [4.78, 5) is 16.2. The summed E-state index contributed by atoms with van der Waals surface area (Å²) in [6, 6.07) is 12.8. The highest BCUT2D eigenvalue weighted by molar-refractivity contribution is 9.10. The number of amides is 1. The number of aromatic nitrogens is 2. The second-order valence-corrected chi connectivity index (χ2v) is 6.57. The Bertz CT molecular complexity index is 925. The van der Waals surface area contributed by atoms with Crippen LogP contribution in [0.5, 0.6) is 11.5 Å². The molecule has 8 heteroatoms. The molecule has 2 aromatic carbocycles. The number of nitrogens with zero attached hydrogens (tertiary/aromatic N) is 2. The summed E-state index contributed by atoms with van der Waals surface area (Å²) >= 11 is 3.42. The molecule has 3 aromatic rings. The maximum atomic E-state index is 11.9. The van der Waals surface area contributed by atoms with Crippen molar-refractivity contribution in [3.05, 3.63) is 58.4 Å². The van der Waals surface area contributed by atoms with Gasteiger partial charge >= 0.3 is 0 Å². The SMILES string of the molecule is COc1ccc(-c2noc(CNC(=O)COc3ccc(Br)c(C)c3)n2)cc1. The predicted molar refractivity (Wildman–Crippen MR) is 103 cm³/mol. The molecule has 0 aliphatic rings. The van der Waals surface area contributed by atoms with Gasteiger partial charge in [-0.3, -0.25) is 4.79 Å². The van der Waals surface area contributed by atoms with E-state index >= 15 is 0 Å². The molecule has 140 valence electrons. The average molecular weight is 432 g/mol. The van der Waals surface area contributed by atoms with Crippen molar-refractivity contribution in [3.8, 4) is 22.9 Å². The zero-order valence-corrected chi connectivity index (χ0v) is 16.4. The van der Waals surface area contributed by atoms with Crippen molar-refractivity contribution < 1.29 is 18.8 Å². The lowest BCUT2D eigenvalue weighted by Crippen LogP contribution is -2.28. The Morgan fingerprint density at radius 2 is 1.93 bits per heavy atom. The van der Waals surface area contributed by atoms with E-state index in [1.807, 2.05) is 43.3 Å². The van der Waals surface area contributed by atoms with Gasteiger partial charge in [-0.25, -0.2) is 0 Å². The highest BCUT2D eigenvalue weighted by Gasteiger charge is 2.11. The molecule has 1 amide bonds. The lowest BCUT2D eigenvalue weighted by atomic mass is 10.2. The van der Waals surface area contributed by atoms with Gasteiger partial charge < -0.3 is 19.3 Å². The monoisotopic (exact) mass is 431 g/mol. The van der Waals surface area contributed by atoms with Gasteiger partial charge in [0.05, 0.1) is 13.7 Å². The van der Waals surface area contributed by atoms with Crippen LogP contribution in [0.3, 0.4) is 0 Å².